The molecule has 2 N–H and O–H groups in total. The van der Waals surface area contributed by atoms with E-state index < -0.39 is 10.0 Å². The summed E-state index contributed by atoms with van der Waals surface area (Å²) in [5.41, 5.74) is 0.977. The second kappa shape index (κ2) is 5.91. The van der Waals surface area contributed by atoms with Gasteiger partial charge in [0.05, 0.1) is 11.4 Å². The molecule has 1 heterocycles. The van der Waals surface area contributed by atoms with E-state index in [1.807, 2.05) is 0 Å². The quantitative estimate of drug-likeness (QED) is 0.853. The molecule has 104 valence electrons. The van der Waals surface area contributed by atoms with E-state index in [0.29, 0.717) is 24.2 Å². The van der Waals surface area contributed by atoms with Crippen molar-refractivity contribution < 1.29 is 13.5 Å². The van der Waals surface area contributed by atoms with Gasteiger partial charge in [0.1, 0.15) is 16.3 Å². The SMILES string of the molecule is CC(CCCO)NS(=O)(=O)c1cccc2c1N=S=N2. The van der Waals surface area contributed by atoms with E-state index in [9.17, 15) is 8.42 Å². The summed E-state index contributed by atoms with van der Waals surface area (Å²) in [7, 11) is -3.61. The van der Waals surface area contributed by atoms with Crippen LogP contribution in [0.25, 0.3) is 0 Å². The molecule has 1 aromatic rings. The third-order valence-electron chi connectivity index (χ3n) is 2.69. The van der Waals surface area contributed by atoms with E-state index in [2.05, 4.69) is 13.4 Å². The lowest BCUT2D eigenvalue weighted by Crippen LogP contribution is -2.32. The number of nitrogens with one attached hydrogen (secondary N) is 1. The van der Waals surface area contributed by atoms with Crippen LogP contribution in [0.5, 0.6) is 0 Å². The fourth-order valence-electron chi connectivity index (χ4n) is 1.78. The Labute approximate surface area is 115 Å². The highest BCUT2D eigenvalue weighted by atomic mass is 32.2. The first-order valence-electron chi connectivity index (χ1n) is 5.89. The van der Waals surface area contributed by atoms with E-state index >= 15 is 0 Å². The number of fused-ring (bicyclic) bond motifs is 1. The van der Waals surface area contributed by atoms with Crippen LogP contribution in [0.4, 0.5) is 11.4 Å². The van der Waals surface area contributed by atoms with Gasteiger partial charge in [0, 0.05) is 12.6 Å². The van der Waals surface area contributed by atoms with Gasteiger partial charge in [-0.05, 0) is 31.9 Å². The summed E-state index contributed by atoms with van der Waals surface area (Å²) < 4.78 is 35.2. The maximum absolute atomic E-state index is 12.3. The highest BCUT2D eigenvalue weighted by Gasteiger charge is 2.23. The van der Waals surface area contributed by atoms with Gasteiger partial charge in [0.2, 0.25) is 10.0 Å². The Balaban J connectivity index is 2.22. The normalized spacial score (nSPS) is 15.1. The van der Waals surface area contributed by atoms with Gasteiger partial charge in [-0.2, -0.15) is 8.73 Å². The summed E-state index contributed by atoms with van der Waals surface area (Å²) >= 11 is 0.991. The molecule has 0 fully saturated rings. The van der Waals surface area contributed by atoms with Gasteiger partial charge < -0.3 is 5.11 Å². The second-order valence-corrected chi connectivity index (χ2v) is 6.49. The summed E-state index contributed by atoms with van der Waals surface area (Å²) in [6.07, 6.45) is 1.15. The molecule has 0 saturated carbocycles. The number of aliphatic hydroxyl groups excluding tert-OH is 1. The molecule has 0 aromatic heterocycles. The maximum atomic E-state index is 12.3. The minimum absolute atomic E-state index is 0.0532. The van der Waals surface area contributed by atoms with Crippen LogP contribution in [0.2, 0.25) is 0 Å². The Bertz CT molecular complexity index is 637. The third-order valence-corrected chi connectivity index (χ3v) is 4.85. The average Bonchev–Trinajstić information content (AvgIpc) is 2.83. The zero-order valence-electron chi connectivity index (χ0n) is 10.4. The summed E-state index contributed by atoms with van der Waals surface area (Å²) in [4.78, 5) is 0.148. The molecule has 2 rings (SSSR count). The Morgan fingerprint density at radius 3 is 2.95 bits per heavy atom. The third kappa shape index (κ3) is 3.27. The van der Waals surface area contributed by atoms with E-state index in [4.69, 9.17) is 5.11 Å². The topological polar surface area (TPSA) is 91.1 Å². The molecule has 6 nitrogen and oxygen atoms in total. The van der Waals surface area contributed by atoms with Gasteiger partial charge in [0.15, 0.2) is 0 Å². The predicted octanol–water partition coefficient (Wildman–Crippen LogP) is 1.85. The van der Waals surface area contributed by atoms with Crippen molar-refractivity contribution in [2.24, 2.45) is 8.73 Å². The van der Waals surface area contributed by atoms with Crippen LogP contribution in [0.15, 0.2) is 31.8 Å². The molecule has 8 heteroatoms. The van der Waals surface area contributed by atoms with Crippen molar-refractivity contribution in [3.63, 3.8) is 0 Å². The molecule has 1 aromatic carbocycles. The first kappa shape index (κ1) is 14.3. The number of rotatable bonds is 6. The lowest BCUT2D eigenvalue weighted by Gasteiger charge is -2.14. The number of aliphatic hydroxyl groups is 1. The van der Waals surface area contributed by atoms with Gasteiger partial charge in [-0.15, -0.1) is 0 Å². The van der Waals surface area contributed by atoms with Crippen molar-refractivity contribution in [2.45, 2.75) is 30.7 Å². The van der Waals surface area contributed by atoms with Crippen molar-refractivity contribution >= 4 is 32.8 Å². The van der Waals surface area contributed by atoms with Gasteiger partial charge >= 0.3 is 0 Å². The average molecular weight is 301 g/mol. The van der Waals surface area contributed by atoms with Gasteiger partial charge in [-0.3, -0.25) is 0 Å². The first-order valence-corrected chi connectivity index (χ1v) is 8.10. The standard InChI is InChI=1S/C11H15N3O3S2/c1-8(4-3-7-15)14-19(16,17)10-6-2-5-9-11(10)13-18-12-9/h2,5-6,8,14-15H,3-4,7H2,1H3. The van der Waals surface area contributed by atoms with E-state index in [-0.39, 0.29) is 17.5 Å². The van der Waals surface area contributed by atoms with E-state index in [1.54, 1.807) is 19.1 Å². The van der Waals surface area contributed by atoms with Crippen molar-refractivity contribution in [3.8, 4) is 0 Å². The largest absolute Gasteiger partial charge is 0.396 e. The van der Waals surface area contributed by atoms with Crippen LogP contribution >= 0.6 is 0 Å². The van der Waals surface area contributed by atoms with E-state index in [0.717, 1.165) is 11.4 Å². The molecule has 19 heavy (non-hydrogen) atoms. The molecule has 1 aliphatic rings. The van der Waals surface area contributed by atoms with Crippen molar-refractivity contribution in [1.29, 1.82) is 0 Å². The molecular formula is C11H15N3O3S2. The summed E-state index contributed by atoms with van der Waals surface area (Å²) in [6, 6.07) is 4.66. The minimum Gasteiger partial charge on any atom is -0.396 e. The smallest absolute Gasteiger partial charge is 0.243 e. The van der Waals surface area contributed by atoms with Crippen LogP contribution < -0.4 is 4.72 Å². The lowest BCUT2D eigenvalue weighted by molar-refractivity contribution is 0.279. The van der Waals surface area contributed by atoms with Crippen LogP contribution in [0.1, 0.15) is 19.8 Å². The summed E-state index contributed by atoms with van der Waals surface area (Å²) in [5.74, 6) is 0. The molecule has 0 aliphatic carbocycles. The van der Waals surface area contributed by atoms with Crippen molar-refractivity contribution in [3.05, 3.63) is 18.2 Å². The molecule has 1 atom stereocenters. The maximum Gasteiger partial charge on any atom is 0.243 e. The molecule has 0 radical (unpaired) electrons. The molecule has 0 spiro atoms. The first-order chi connectivity index (χ1) is 9.04. The number of hydrogen-bond acceptors (Lipinski definition) is 5. The zero-order valence-corrected chi connectivity index (χ0v) is 12.0. The fraction of sp³-hybridized carbons (Fsp3) is 0.455. The molecule has 0 bridgehead atoms. The summed E-state index contributed by atoms with van der Waals surface area (Å²) in [6.45, 7) is 1.82. The van der Waals surface area contributed by atoms with Gasteiger partial charge in [0.25, 0.3) is 0 Å². The number of sulfonamides is 1. The molecular weight excluding hydrogens is 286 g/mol. The minimum atomic E-state index is -3.61. The lowest BCUT2D eigenvalue weighted by atomic mass is 10.2. The number of hydrogen-bond donors (Lipinski definition) is 2. The van der Waals surface area contributed by atoms with Crippen LogP contribution in [0, 0.1) is 0 Å². The summed E-state index contributed by atoms with van der Waals surface area (Å²) in [5, 5.41) is 8.75. The molecule has 0 saturated heterocycles. The Kier molecular flexibility index (Phi) is 4.46. The Morgan fingerprint density at radius 1 is 1.42 bits per heavy atom. The van der Waals surface area contributed by atoms with Crippen molar-refractivity contribution in [2.75, 3.05) is 6.61 Å². The highest BCUT2D eigenvalue weighted by Crippen LogP contribution is 2.37. The Morgan fingerprint density at radius 2 is 2.21 bits per heavy atom. The predicted molar refractivity (Wildman–Crippen MR) is 74.1 cm³/mol. The van der Waals surface area contributed by atoms with Gasteiger partial charge in [-0.1, -0.05) is 6.07 Å². The van der Waals surface area contributed by atoms with Crippen LogP contribution in [0.3, 0.4) is 0 Å². The van der Waals surface area contributed by atoms with Crippen molar-refractivity contribution in [1.82, 2.24) is 4.72 Å². The molecule has 1 unspecified atom stereocenters. The monoisotopic (exact) mass is 301 g/mol. The van der Waals surface area contributed by atoms with Crippen LogP contribution in [-0.2, 0) is 21.4 Å². The zero-order chi connectivity index (χ0) is 13.9. The number of nitrogens with zero attached hydrogens (tertiary/aromatic N) is 2. The van der Waals surface area contributed by atoms with Gasteiger partial charge in [-0.25, -0.2) is 13.1 Å². The Hall–Kier alpha value is -1.09. The van der Waals surface area contributed by atoms with E-state index in [1.165, 1.54) is 6.07 Å². The second-order valence-electron chi connectivity index (χ2n) is 4.28. The van der Waals surface area contributed by atoms with Crippen LogP contribution in [-0.4, -0.2) is 26.2 Å². The molecule has 1 aliphatic heterocycles. The fourth-order valence-corrected chi connectivity index (χ4v) is 3.83. The number of benzene rings is 1. The molecule has 0 amide bonds. The highest BCUT2D eigenvalue weighted by molar-refractivity contribution is 7.89.